The molecule has 0 saturated heterocycles. The van der Waals surface area contributed by atoms with Gasteiger partial charge in [0.1, 0.15) is 22.9 Å². The standard InChI is InChI=1S/C19H16ClFN2O/c1-24-15-11-10-14(19(20)23-16-9-5-6-12-22-16)18(21)17(15)13-7-3-2-4-8-13/h2-12,19H,1H3,(H,22,23). The van der Waals surface area contributed by atoms with Gasteiger partial charge in [-0.15, -0.1) is 0 Å². The molecule has 122 valence electrons. The van der Waals surface area contributed by atoms with Gasteiger partial charge < -0.3 is 10.1 Å². The lowest BCUT2D eigenvalue weighted by molar-refractivity contribution is 0.413. The van der Waals surface area contributed by atoms with Crippen LogP contribution in [0, 0.1) is 5.82 Å². The SMILES string of the molecule is COc1ccc(C(Cl)Nc2ccccn2)c(F)c1-c1ccccc1. The Kier molecular flexibility index (Phi) is 4.96. The van der Waals surface area contributed by atoms with E-state index in [1.807, 2.05) is 36.4 Å². The van der Waals surface area contributed by atoms with Crippen LogP contribution in [-0.2, 0) is 0 Å². The summed E-state index contributed by atoms with van der Waals surface area (Å²) >= 11 is 6.37. The minimum atomic E-state index is -0.756. The van der Waals surface area contributed by atoms with Crippen LogP contribution < -0.4 is 10.1 Å². The fourth-order valence-electron chi connectivity index (χ4n) is 2.47. The zero-order valence-electron chi connectivity index (χ0n) is 13.0. The van der Waals surface area contributed by atoms with Crippen LogP contribution in [0.4, 0.5) is 10.2 Å². The summed E-state index contributed by atoms with van der Waals surface area (Å²) in [5, 5.41) is 2.99. The first-order chi connectivity index (χ1) is 11.7. The van der Waals surface area contributed by atoms with E-state index in [4.69, 9.17) is 16.3 Å². The molecule has 1 aromatic heterocycles. The van der Waals surface area contributed by atoms with Gasteiger partial charge in [-0.3, -0.25) is 0 Å². The molecule has 5 heteroatoms. The van der Waals surface area contributed by atoms with Crippen molar-refractivity contribution in [1.82, 2.24) is 4.98 Å². The largest absolute Gasteiger partial charge is 0.496 e. The molecule has 3 nitrogen and oxygen atoms in total. The number of methoxy groups -OCH3 is 1. The molecule has 0 aliphatic rings. The highest BCUT2D eigenvalue weighted by Crippen LogP contribution is 2.37. The Morgan fingerprint density at radius 3 is 2.46 bits per heavy atom. The van der Waals surface area contributed by atoms with Crippen molar-refractivity contribution in [3.8, 4) is 16.9 Å². The molecular formula is C19H16ClFN2O. The van der Waals surface area contributed by atoms with E-state index in [0.29, 0.717) is 22.7 Å². The van der Waals surface area contributed by atoms with Gasteiger partial charge in [-0.05, 0) is 29.8 Å². The van der Waals surface area contributed by atoms with Crippen LogP contribution in [0.15, 0.2) is 66.9 Å². The molecule has 1 heterocycles. The Balaban J connectivity index is 2.00. The quantitative estimate of drug-likeness (QED) is 0.508. The summed E-state index contributed by atoms with van der Waals surface area (Å²) in [6, 6.07) is 18.0. The van der Waals surface area contributed by atoms with Crippen molar-refractivity contribution in [2.75, 3.05) is 12.4 Å². The lowest BCUT2D eigenvalue weighted by atomic mass is 10.0. The van der Waals surface area contributed by atoms with E-state index in [-0.39, 0.29) is 0 Å². The van der Waals surface area contributed by atoms with Crippen molar-refractivity contribution in [3.63, 3.8) is 0 Å². The second-order valence-corrected chi connectivity index (χ2v) is 5.57. The van der Waals surface area contributed by atoms with E-state index in [1.54, 1.807) is 30.5 Å². The summed E-state index contributed by atoms with van der Waals surface area (Å²) in [5.41, 5.74) is 0.703. The van der Waals surface area contributed by atoms with Gasteiger partial charge in [0.25, 0.3) is 0 Å². The lowest BCUT2D eigenvalue weighted by Gasteiger charge is -2.17. The number of aromatic nitrogens is 1. The van der Waals surface area contributed by atoms with Crippen LogP contribution in [-0.4, -0.2) is 12.1 Å². The number of hydrogen-bond acceptors (Lipinski definition) is 3. The van der Waals surface area contributed by atoms with E-state index in [1.165, 1.54) is 7.11 Å². The average molecular weight is 343 g/mol. The summed E-state index contributed by atoms with van der Waals surface area (Å²) < 4.78 is 20.5. The number of halogens is 2. The molecule has 1 unspecified atom stereocenters. The van der Waals surface area contributed by atoms with Crippen molar-refractivity contribution < 1.29 is 9.13 Å². The summed E-state index contributed by atoms with van der Waals surface area (Å²) in [4.78, 5) is 4.15. The number of alkyl halides is 1. The molecule has 0 aliphatic carbocycles. The first-order valence-electron chi connectivity index (χ1n) is 7.44. The van der Waals surface area contributed by atoms with Crippen molar-refractivity contribution in [3.05, 3.63) is 78.2 Å². The van der Waals surface area contributed by atoms with E-state index >= 15 is 4.39 Å². The highest BCUT2D eigenvalue weighted by atomic mass is 35.5. The van der Waals surface area contributed by atoms with Gasteiger partial charge in [-0.2, -0.15) is 0 Å². The number of rotatable bonds is 5. The van der Waals surface area contributed by atoms with Gasteiger partial charge in [0.15, 0.2) is 0 Å². The molecule has 3 rings (SSSR count). The van der Waals surface area contributed by atoms with Crippen molar-refractivity contribution in [2.24, 2.45) is 0 Å². The Hall–Kier alpha value is -2.59. The highest BCUT2D eigenvalue weighted by Gasteiger charge is 2.20. The summed E-state index contributed by atoms with van der Waals surface area (Å²) in [5.74, 6) is 0.627. The Morgan fingerprint density at radius 2 is 1.79 bits per heavy atom. The molecule has 0 fully saturated rings. The molecule has 0 saturated carbocycles. The highest BCUT2D eigenvalue weighted by molar-refractivity contribution is 6.21. The molecule has 0 amide bonds. The summed E-state index contributed by atoms with van der Waals surface area (Å²) in [6.45, 7) is 0. The van der Waals surface area contributed by atoms with Crippen molar-refractivity contribution >= 4 is 17.4 Å². The predicted molar refractivity (Wildman–Crippen MR) is 94.8 cm³/mol. The zero-order chi connectivity index (χ0) is 16.9. The van der Waals surface area contributed by atoms with Gasteiger partial charge in [0.05, 0.1) is 12.7 Å². The normalized spacial score (nSPS) is 11.8. The molecule has 1 N–H and O–H groups in total. The van der Waals surface area contributed by atoms with Crippen LogP contribution in [0.2, 0.25) is 0 Å². The predicted octanol–water partition coefficient (Wildman–Crippen LogP) is 5.25. The smallest absolute Gasteiger partial charge is 0.141 e. The number of pyridine rings is 1. The number of benzene rings is 2. The molecular weight excluding hydrogens is 327 g/mol. The molecule has 0 radical (unpaired) electrons. The second-order valence-electron chi connectivity index (χ2n) is 5.13. The van der Waals surface area contributed by atoms with E-state index < -0.39 is 11.3 Å². The first-order valence-corrected chi connectivity index (χ1v) is 7.88. The average Bonchev–Trinajstić information content (AvgIpc) is 2.62. The number of ether oxygens (including phenoxy) is 1. The minimum Gasteiger partial charge on any atom is -0.496 e. The summed E-state index contributed by atoms with van der Waals surface area (Å²) in [7, 11) is 1.52. The molecule has 1 atom stereocenters. The van der Waals surface area contributed by atoms with E-state index in [0.717, 1.165) is 5.56 Å². The molecule has 0 aliphatic heterocycles. The van der Waals surface area contributed by atoms with Gasteiger partial charge in [0, 0.05) is 11.8 Å². The van der Waals surface area contributed by atoms with Crippen LogP contribution in [0.1, 0.15) is 11.1 Å². The Labute approximate surface area is 145 Å². The molecule has 3 aromatic rings. The third-order valence-electron chi connectivity index (χ3n) is 3.63. The van der Waals surface area contributed by atoms with Crippen LogP contribution >= 0.6 is 11.6 Å². The van der Waals surface area contributed by atoms with Gasteiger partial charge in [-0.1, -0.05) is 48.0 Å². The van der Waals surface area contributed by atoms with Crippen LogP contribution in [0.5, 0.6) is 5.75 Å². The maximum absolute atomic E-state index is 15.1. The van der Waals surface area contributed by atoms with Gasteiger partial charge in [0.2, 0.25) is 0 Å². The molecule has 2 aromatic carbocycles. The monoisotopic (exact) mass is 342 g/mol. The van der Waals surface area contributed by atoms with Crippen molar-refractivity contribution in [1.29, 1.82) is 0 Å². The van der Waals surface area contributed by atoms with E-state index in [2.05, 4.69) is 10.3 Å². The fraction of sp³-hybridized carbons (Fsp3) is 0.105. The van der Waals surface area contributed by atoms with Gasteiger partial charge in [-0.25, -0.2) is 9.37 Å². The maximum Gasteiger partial charge on any atom is 0.141 e. The van der Waals surface area contributed by atoms with Crippen molar-refractivity contribution in [2.45, 2.75) is 5.50 Å². The topological polar surface area (TPSA) is 34.1 Å². The third kappa shape index (κ3) is 3.34. The number of nitrogens with one attached hydrogen (secondary N) is 1. The lowest BCUT2D eigenvalue weighted by Crippen LogP contribution is -2.08. The third-order valence-corrected chi connectivity index (χ3v) is 3.97. The van der Waals surface area contributed by atoms with Crippen LogP contribution in [0.3, 0.4) is 0 Å². The molecule has 0 spiro atoms. The second kappa shape index (κ2) is 7.32. The number of anilines is 1. The zero-order valence-corrected chi connectivity index (χ0v) is 13.8. The van der Waals surface area contributed by atoms with E-state index in [9.17, 15) is 0 Å². The Bertz CT molecular complexity index is 812. The maximum atomic E-state index is 15.1. The minimum absolute atomic E-state index is 0.335. The fourth-order valence-corrected chi connectivity index (χ4v) is 2.75. The number of nitrogens with zero attached hydrogens (tertiary/aromatic N) is 1. The number of hydrogen-bond donors (Lipinski definition) is 1. The Morgan fingerprint density at radius 1 is 1.04 bits per heavy atom. The van der Waals surface area contributed by atoms with Gasteiger partial charge >= 0.3 is 0 Å². The first kappa shape index (κ1) is 16.3. The molecule has 24 heavy (non-hydrogen) atoms. The van der Waals surface area contributed by atoms with Crippen LogP contribution in [0.25, 0.3) is 11.1 Å². The molecule has 0 bridgehead atoms. The summed E-state index contributed by atoms with van der Waals surface area (Å²) in [6.07, 6.45) is 1.64.